The topological polar surface area (TPSA) is 62.3 Å². The van der Waals surface area contributed by atoms with Gasteiger partial charge in [-0.25, -0.2) is 4.98 Å². The molecule has 160 valence electrons. The number of nitrogens with zero attached hydrogens (tertiary/aromatic N) is 2. The Balaban J connectivity index is 1.49. The van der Waals surface area contributed by atoms with Crippen molar-refractivity contribution in [3.63, 3.8) is 0 Å². The highest BCUT2D eigenvalue weighted by molar-refractivity contribution is 5.92. The molecule has 1 atom stereocenters. The number of aryl methyl sites for hydroxylation is 1. The van der Waals surface area contributed by atoms with Gasteiger partial charge >= 0.3 is 6.18 Å². The number of benzene rings is 1. The van der Waals surface area contributed by atoms with Crippen molar-refractivity contribution in [2.45, 2.75) is 38.8 Å². The lowest BCUT2D eigenvalue weighted by Crippen LogP contribution is -2.40. The predicted octanol–water partition coefficient (Wildman–Crippen LogP) is 4.68. The van der Waals surface area contributed by atoms with Gasteiger partial charge in [-0.1, -0.05) is 6.07 Å². The van der Waals surface area contributed by atoms with E-state index in [1.54, 1.807) is 11.0 Å². The lowest BCUT2D eigenvalue weighted by Gasteiger charge is -2.32. The molecule has 1 N–H and O–H groups in total. The van der Waals surface area contributed by atoms with E-state index < -0.39 is 11.7 Å². The van der Waals surface area contributed by atoms with E-state index in [4.69, 9.17) is 0 Å². The van der Waals surface area contributed by atoms with Gasteiger partial charge in [-0.2, -0.15) is 13.2 Å². The summed E-state index contributed by atoms with van der Waals surface area (Å²) < 4.78 is 37.8. The van der Waals surface area contributed by atoms with E-state index in [2.05, 4.69) is 10.3 Å². The minimum absolute atomic E-state index is 0.0994. The predicted molar refractivity (Wildman–Crippen MR) is 107 cm³/mol. The fourth-order valence-corrected chi connectivity index (χ4v) is 3.61. The first-order valence-corrected chi connectivity index (χ1v) is 9.92. The van der Waals surface area contributed by atoms with Crippen LogP contribution in [0.2, 0.25) is 0 Å². The van der Waals surface area contributed by atoms with E-state index in [0.717, 1.165) is 30.7 Å². The molecule has 8 heteroatoms. The second-order valence-corrected chi connectivity index (χ2v) is 7.59. The molecule has 0 bridgehead atoms. The Labute approximate surface area is 173 Å². The molecule has 2 heterocycles. The molecule has 0 aliphatic carbocycles. The van der Waals surface area contributed by atoms with E-state index in [-0.39, 0.29) is 24.2 Å². The van der Waals surface area contributed by atoms with Crippen molar-refractivity contribution in [1.82, 2.24) is 9.88 Å². The largest absolute Gasteiger partial charge is 0.416 e. The summed E-state index contributed by atoms with van der Waals surface area (Å²) in [5.74, 6) is -0.151. The quantitative estimate of drug-likeness (QED) is 0.766. The zero-order valence-electron chi connectivity index (χ0n) is 16.7. The molecule has 1 aliphatic heterocycles. The third kappa shape index (κ3) is 5.81. The van der Waals surface area contributed by atoms with Gasteiger partial charge in [-0.05, 0) is 68.5 Å². The van der Waals surface area contributed by atoms with Crippen LogP contribution in [-0.4, -0.2) is 34.8 Å². The highest BCUT2D eigenvalue weighted by Gasteiger charge is 2.30. The average Bonchev–Trinajstić information content (AvgIpc) is 2.72. The Bertz CT molecular complexity index is 897. The number of carbonyl (C=O) groups is 2. The molecule has 1 fully saturated rings. The second-order valence-electron chi connectivity index (χ2n) is 7.59. The minimum Gasteiger partial charge on any atom is -0.337 e. The molecule has 1 aliphatic rings. The zero-order chi connectivity index (χ0) is 21.7. The molecule has 5 nitrogen and oxygen atoms in total. The third-order valence-electron chi connectivity index (χ3n) is 5.19. The molecule has 0 saturated carbocycles. The molecule has 1 aromatic heterocycles. The molecule has 1 aromatic carbocycles. The molecule has 30 heavy (non-hydrogen) atoms. The van der Waals surface area contributed by atoms with Crippen molar-refractivity contribution in [3.8, 4) is 0 Å². The van der Waals surface area contributed by atoms with Gasteiger partial charge in [0.15, 0.2) is 0 Å². The number of pyridine rings is 1. The summed E-state index contributed by atoms with van der Waals surface area (Å²) in [6.45, 7) is 3.08. The lowest BCUT2D eigenvalue weighted by atomic mass is 9.93. The van der Waals surface area contributed by atoms with Crippen LogP contribution in [0.15, 0.2) is 42.5 Å². The van der Waals surface area contributed by atoms with Crippen LogP contribution in [0.25, 0.3) is 0 Å². The van der Waals surface area contributed by atoms with E-state index in [1.807, 2.05) is 19.1 Å². The number of alkyl halides is 3. The van der Waals surface area contributed by atoms with Crippen molar-refractivity contribution in [1.29, 1.82) is 0 Å². The fourth-order valence-electron chi connectivity index (χ4n) is 3.61. The number of rotatable bonds is 5. The molecule has 0 radical (unpaired) electrons. The van der Waals surface area contributed by atoms with Crippen LogP contribution in [0.1, 0.15) is 47.4 Å². The number of carbonyl (C=O) groups excluding carboxylic acids is 2. The molecular formula is C22H24F3N3O2. The Morgan fingerprint density at radius 1 is 1.17 bits per heavy atom. The molecule has 0 spiro atoms. The summed E-state index contributed by atoms with van der Waals surface area (Å²) >= 11 is 0. The Morgan fingerprint density at radius 2 is 1.90 bits per heavy atom. The first-order valence-electron chi connectivity index (χ1n) is 9.92. The van der Waals surface area contributed by atoms with Crippen LogP contribution in [0, 0.1) is 12.8 Å². The first-order chi connectivity index (χ1) is 14.2. The molecule has 3 rings (SSSR count). The van der Waals surface area contributed by atoms with Crippen molar-refractivity contribution in [2.75, 3.05) is 18.4 Å². The van der Waals surface area contributed by atoms with Gasteiger partial charge in [-0.15, -0.1) is 0 Å². The number of likely N-dealkylation sites (tertiary alicyclic amines) is 1. The van der Waals surface area contributed by atoms with Crippen molar-refractivity contribution < 1.29 is 22.8 Å². The molecular weight excluding hydrogens is 395 g/mol. The van der Waals surface area contributed by atoms with Crippen molar-refractivity contribution in [3.05, 3.63) is 59.4 Å². The van der Waals surface area contributed by atoms with E-state index in [0.29, 0.717) is 30.9 Å². The van der Waals surface area contributed by atoms with Crippen LogP contribution in [0.5, 0.6) is 0 Å². The van der Waals surface area contributed by atoms with Gasteiger partial charge in [0.05, 0.1) is 5.56 Å². The number of aromatic nitrogens is 1. The van der Waals surface area contributed by atoms with Gasteiger partial charge in [0.2, 0.25) is 5.91 Å². The van der Waals surface area contributed by atoms with Gasteiger partial charge in [0.1, 0.15) is 5.69 Å². The van der Waals surface area contributed by atoms with Crippen LogP contribution in [0.3, 0.4) is 0 Å². The van der Waals surface area contributed by atoms with E-state index in [9.17, 15) is 22.8 Å². The monoisotopic (exact) mass is 419 g/mol. The van der Waals surface area contributed by atoms with Crippen LogP contribution < -0.4 is 5.32 Å². The van der Waals surface area contributed by atoms with E-state index >= 15 is 0 Å². The number of anilines is 1. The zero-order valence-corrected chi connectivity index (χ0v) is 16.7. The highest BCUT2D eigenvalue weighted by atomic mass is 19.4. The summed E-state index contributed by atoms with van der Waals surface area (Å²) in [7, 11) is 0. The first kappa shape index (κ1) is 21.8. The summed E-state index contributed by atoms with van der Waals surface area (Å²) in [5, 5.41) is 2.63. The summed E-state index contributed by atoms with van der Waals surface area (Å²) in [5.41, 5.74) is 0.791. The third-order valence-corrected chi connectivity index (χ3v) is 5.19. The number of hydrogen-bond acceptors (Lipinski definition) is 3. The van der Waals surface area contributed by atoms with Gasteiger partial charge in [0, 0.05) is 30.9 Å². The lowest BCUT2D eigenvalue weighted by molar-refractivity contribution is -0.137. The smallest absolute Gasteiger partial charge is 0.337 e. The number of hydrogen-bond donors (Lipinski definition) is 1. The molecule has 2 aromatic rings. The fraction of sp³-hybridized carbons (Fsp3) is 0.409. The summed E-state index contributed by atoms with van der Waals surface area (Å²) in [4.78, 5) is 30.9. The number of halogens is 3. The highest BCUT2D eigenvalue weighted by Crippen LogP contribution is 2.30. The van der Waals surface area contributed by atoms with Crippen LogP contribution >= 0.6 is 0 Å². The maximum Gasteiger partial charge on any atom is 0.416 e. The molecule has 1 saturated heterocycles. The summed E-state index contributed by atoms with van der Waals surface area (Å²) in [6.07, 6.45) is -1.75. The van der Waals surface area contributed by atoms with Gasteiger partial charge < -0.3 is 10.2 Å². The van der Waals surface area contributed by atoms with E-state index in [1.165, 1.54) is 12.1 Å². The minimum atomic E-state index is -4.40. The molecule has 0 unspecified atom stereocenters. The van der Waals surface area contributed by atoms with Gasteiger partial charge in [0.25, 0.3) is 5.91 Å². The maximum atomic E-state index is 12.7. The number of nitrogens with one attached hydrogen (secondary N) is 1. The number of piperidine rings is 1. The van der Waals surface area contributed by atoms with Crippen molar-refractivity contribution in [2.24, 2.45) is 5.92 Å². The maximum absolute atomic E-state index is 12.7. The van der Waals surface area contributed by atoms with Crippen LogP contribution in [-0.2, 0) is 11.0 Å². The standard InChI is InChI=1S/C22H24F3N3O2/c1-15-4-2-6-19(26-15)21(30)28-13-3-5-16(14-28)7-12-20(29)27-18-10-8-17(9-11-18)22(23,24)25/h2,4,6,8-11,16H,3,5,7,12-14H2,1H3,(H,27,29)/t16-/m0/s1. The summed E-state index contributed by atoms with van der Waals surface area (Å²) in [6, 6.07) is 9.73. The Hall–Kier alpha value is -2.90. The Morgan fingerprint density at radius 3 is 2.57 bits per heavy atom. The second kappa shape index (κ2) is 9.28. The normalized spacial score (nSPS) is 16.9. The van der Waals surface area contributed by atoms with Gasteiger partial charge in [-0.3, -0.25) is 9.59 Å². The average molecular weight is 419 g/mol. The number of amides is 2. The Kier molecular flexibility index (Phi) is 6.74. The molecule has 2 amide bonds. The SMILES string of the molecule is Cc1cccc(C(=O)N2CCC[C@@H](CCC(=O)Nc3ccc(C(F)(F)F)cc3)C2)n1. The van der Waals surface area contributed by atoms with Crippen molar-refractivity contribution >= 4 is 17.5 Å². The van der Waals surface area contributed by atoms with Crippen LogP contribution in [0.4, 0.5) is 18.9 Å².